The Labute approximate surface area is 116 Å². The molecule has 0 unspecified atom stereocenters. The van der Waals surface area contributed by atoms with E-state index in [1.807, 2.05) is 25.1 Å². The molecule has 0 saturated heterocycles. The molecular weight excluding hydrogens is 314 g/mol. The first-order valence-electron chi connectivity index (χ1n) is 5.66. The Morgan fingerprint density at radius 3 is 2.68 bits per heavy atom. The van der Waals surface area contributed by atoms with Crippen LogP contribution in [0.15, 0.2) is 34.8 Å². The number of nitrogens with one attached hydrogen (secondary N) is 1. The van der Waals surface area contributed by atoms with Crippen LogP contribution in [-0.4, -0.2) is 9.97 Å². The number of nitrogens with zero attached hydrogens (tertiary/aromatic N) is 1. The topological polar surface area (TPSA) is 28.7 Å². The highest BCUT2D eigenvalue weighted by Crippen LogP contribution is 2.27. The summed E-state index contributed by atoms with van der Waals surface area (Å²) in [6.45, 7) is 1.93. The zero-order valence-corrected chi connectivity index (χ0v) is 11.6. The van der Waals surface area contributed by atoms with E-state index in [1.54, 1.807) is 0 Å². The largest absolute Gasteiger partial charge is 0.338 e. The summed E-state index contributed by atoms with van der Waals surface area (Å²) in [6, 6.07) is 8.28. The molecule has 96 valence electrons. The van der Waals surface area contributed by atoms with E-state index >= 15 is 0 Å². The molecule has 0 amide bonds. The summed E-state index contributed by atoms with van der Waals surface area (Å²) in [5, 5.41) is 0. The fraction of sp³-hybridized carbons (Fsp3) is 0.0714. The van der Waals surface area contributed by atoms with Gasteiger partial charge < -0.3 is 4.98 Å². The van der Waals surface area contributed by atoms with Crippen molar-refractivity contribution < 1.29 is 8.78 Å². The summed E-state index contributed by atoms with van der Waals surface area (Å²) in [5.74, 6) is -1.28. The molecule has 19 heavy (non-hydrogen) atoms. The minimum Gasteiger partial charge on any atom is -0.338 e. The fourth-order valence-corrected chi connectivity index (χ4v) is 2.51. The molecule has 5 heteroatoms. The number of halogens is 3. The van der Waals surface area contributed by atoms with E-state index < -0.39 is 11.6 Å². The van der Waals surface area contributed by atoms with Gasteiger partial charge in [0.2, 0.25) is 0 Å². The Morgan fingerprint density at radius 1 is 1.16 bits per heavy atom. The normalized spacial score (nSPS) is 11.2. The third-order valence-electron chi connectivity index (χ3n) is 2.99. The van der Waals surface area contributed by atoms with Crippen LogP contribution in [0.1, 0.15) is 5.56 Å². The number of H-pyrrole nitrogens is 1. The predicted octanol–water partition coefficient (Wildman–Crippen LogP) is 4.58. The molecule has 0 bridgehead atoms. The highest BCUT2D eigenvalue weighted by atomic mass is 79.9. The second-order valence-electron chi connectivity index (χ2n) is 4.30. The van der Waals surface area contributed by atoms with Gasteiger partial charge in [-0.25, -0.2) is 13.8 Å². The van der Waals surface area contributed by atoms with Crippen molar-refractivity contribution >= 4 is 27.0 Å². The number of rotatable bonds is 1. The van der Waals surface area contributed by atoms with Gasteiger partial charge in [-0.2, -0.15) is 0 Å². The average Bonchev–Trinajstić information content (AvgIpc) is 2.78. The predicted molar refractivity (Wildman–Crippen MR) is 73.9 cm³/mol. The first-order chi connectivity index (χ1) is 9.06. The molecule has 0 radical (unpaired) electrons. The fourth-order valence-electron chi connectivity index (χ4n) is 2.04. The molecule has 1 aromatic heterocycles. The second kappa shape index (κ2) is 4.42. The number of aromatic nitrogens is 2. The number of hydrogen-bond acceptors (Lipinski definition) is 1. The van der Waals surface area contributed by atoms with Gasteiger partial charge in [-0.05, 0) is 42.8 Å². The molecular formula is C14H9BrF2N2. The van der Waals surface area contributed by atoms with Crippen LogP contribution in [0.2, 0.25) is 0 Å². The lowest BCUT2D eigenvalue weighted by molar-refractivity contribution is 0.515. The van der Waals surface area contributed by atoms with Crippen molar-refractivity contribution in [2.75, 3.05) is 0 Å². The molecule has 2 nitrogen and oxygen atoms in total. The van der Waals surface area contributed by atoms with Crippen LogP contribution >= 0.6 is 15.9 Å². The Balaban J connectivity index is 2.23. The van der Waals surface area contributed by atoms with Crippen molar-refractivity contribution in [1.29, 1.82) is 0 Å². The van der Waals surface area contributed by atoms with Crippen molar-refractivity contribution in [3.8, 4) is 11.4 Å². The minimum absolute atomic E-state index is 0.0253. The third-order valence-corrected chi connectivity index (χ3v) is 3.48. The van der Waals surface area contributed by atoms with Crippen molar-refractivity contribution in [2.24, 2.45) is 0 Å². The molecule has 0 fully saturated rings. The van der Waals surface area contributed by atoms with E-state index in [0.717, 1.165) is 21.7 Å². The molecule has 0 atom stereocenters. The zero-order valence-electron chi connectivity index (χ0n) is 9.97. The summed E-state index contributed by atoms with van der Waals surface area (Å²) in [7, 11) is 0. The molecule has 1 N–H and O–H groups in total. The molecule has 3 rings (SSSR count). The van der Waals surface area contributed by atoms with Gasteiger partial charge in [0.05, 0.1) is 5.52 Å². The Bertz CT molecular complexity index is 780. The number of imidazole rings is 1. The first-order valence-corrected chi connectivity index (χ1v) is 6.46. The van der Waals surface area contributed by atoms with E-state index in [1.165, 1.54) is 6.07 Å². The zero-order chi connectivity index (χ0) is 13.6. The summed E-state index contributed by atoms with van der Waals surface area (Å²) < 4.78 is 27.7. The van der Waals surface area contributed by atoms with Crippen LogP contribution in [0.5, 0.6) is 0 Å². The van der Waals surface area contributed by atoms with Crippen LogP contribution in [0.3, 0.4) is 0 Å². The van der Waals surface area contributed by atoms with Crippen LogP contribution < -0.4 is 0 Å². The standard InChI is InChI=1S/C14H9BrF2N2/c1-7-6-8(15)2-3-9(7)14-18-11-5-4-10(16)12(17)13(11)19-14/h2-6H,1H3,(H,18,19). The Morgan fingerprint density at radius 2 is 1.95 bits per heavy atom. The van der Waals surface area contributed by atoms with E-state index in [4.69, 9.17) is 0 Å². The van der Waals surface area contributed by atoms with Crippen LogP contribution in [0, 0.1) is 18.6 Å². The maximum atomic E-state index is 13.6. The highest BCUT2D eigenvalue weighted by Gasteiger charge is 2.13. The highest BCUT2D eigenvalue weighted by molar-refractivity contribution is 9.10. The second-order valence-corrected chi connectivity index (χ2v) is 5.22. The van der Waals surface area contributed by atoms with Gasteiger partial charge in [0.15, 0.2) is 11.6 Å². The van der Waals surface area contributed by atoms with Gasteiger partial charge in [0.25, 0.3) is 0 Å². The van der Waals surface area contributed by atoms with E-state index in [2.05, 4.69) is 25.9 Å². The summed E-state index contributed by atoms with van der Waals surface area (Å²) in [6.07, 6.45) is 0. The quantitative estimate of drug-likeness (QED) is 0.698. The van der Waals surface area contributed by atoms with Crippen LogP contribution in [0.25, 0.3) is 22.4 Å². The van der Waals surface area contributed by atoms with Gasteiger partial charge in [-0.15, -0.1) is 0 Å². The van der Waals surface area contributed by atoms with E-state index in [9.17, 15) is 8.78 Å². The molecule has 1 heterocycles. The summed E-state index contributed by atoms with van der Waals surface area (Å²) in [5.41, 5.74) is 2.36. The molecule has 0 saturated carbocycles. The van der Waals surface area contributed by atoms with Crippen molar-refractivity contribution in [1.82, 2.24) is 9.97 Å². The third kappa shape index (κ3) is 2.04. The van der Waals surface area contributed by atoms with Crippen molar-refractivity contribution in [3.05, 3.63) is 52.0 Å². The number of aromatic amines is 1. The molecule has 0 aliphatic carbocycles. The van der Waals surface area contributed by atoms with Gasteiger partial charge >= 0.3 is 0 Å². The average molecular weight is 323 g/mol. The van der Waals surface area contributed by atoms with E-state index in [-0.39, 0.29) is 5.52 Å². The molecule has 2 aromatic carbocycles. The van der Waals surface area contributed by atoms with Gasteiger partial charge in [0, 0.05) is 10.0 Å². The number of benzene rings is 2. The molecule has 0 aliphatic heterocycles. The van der Waals surface area contributed by atoms with Gasteiger partial charge in [-0.3, -0.25) is 0 Å². The smallest absolute Gasteiger partial charge is 0.186 e. The number of aryl methyl sites for hydroxylation is 1. The lowest BCUT2D eigenvalue weighted by Crippen LogP contribution is -1.86. The van der Waals surface area contributed by atoms with Crippen LogP contribution in [-0.2, 0) is 0 Å². The summed E-state index contributed by atoms with van der Waals surface area (Å²) >= 11 is 3.38. The SMILES string of the molecule is Cc1cc(Br)ccc1-c1nc2c(F)c(F)ccc2[nH]1. The maximum absolute atomic E-state index is 13.6. The van der Waals surface area contributed by atoms with Gasteiger partial charge in [0.1, 0.15) is 11.3 Å². The number of fused-ring (bicyclic) bond motifs is 1. The lowest BCUT2D eigenvalue weighted by Gasteiger charge is -2.02. The minimum atomic E-state index is -0.922. The maximum Gasteiger partial charge on any atom is 0.186 e. The van der Waals surface area contributed by atoms with Crippen molar-refractivity contribution in [2.45, 2.75) is 6.92 Å². The number of hydrogen-bond donors (Lipinski definition) is 1. The Hall–Kier alpha value is -1.75. The lowest BCUT2D eigenvalue weighted by atomic mass is 10.1. The molecule has 3 aromatic rings. The first kappa shape index (κ1) is 12.3. The van der Waals surface area contributed by atoms with Gasteiger partial charge in [-0.1, -0.05) is 15.9 Å². The Kier molecular flexibility index (Phi) is 2.86. The molecule has 0 spiro atoms. The monoisotopic (exact) mass is 322 g/mol. The van der Waals surface area contributed by atoms with E-state index in [0.29, 0.717) is 11.3 Å². The van der Waals surface area contributed by atoms with Crippen LogP contribution in [0.4, 0.5) is 8.78 Å². The van der Waals surface area contributed by atoms with Crippen molar-refractivity contribution in [3.63, 3.8) is 0 Å². The molecule has 0 aliphatic rings. The summed E-state index contributed by atoms with van der Waals surface area (Å²) in [4.78, 5) is 7.16.